The zero-order chi connectivity index (χ0) is 24.1. The van der Waals surface area contributed by atoms with Crippen LogP contribution in [-0.2, 0) is 4.79 Å². The highest BCUT2D eigenvalue weighted by atomic mass is 79.9. The summed E-state index contributed by atoms with van der Waals surface area (Å²) in [5, 5.41) is 12.8. The van der Waals surface area contributed by atoms with Gasteiger partial charge in [0.25, 0.3) is 0 Å². The summed E-state index contributed by atoms with van der Waals surface area (Å²) >= 11 is 10.8. The van der Waals surface area contributed by atoms with Crippen LogP contribution in [0.4, 0.5) is 5.69 Å². The molecule has 1 amide bonds. The van der Waals surface area contributed by atoms with Crippen molar-refractivity contribution >= 4 is 50.9 Å². The van der Waals surface area contributed by atoms with Crippen molar-refractivity contribution in [3.63, 3.8) is 0 Å². The molecule has 0 bridgehead atoms. The normalized spacial score (nSPS) is 12.3. The molecule has 0 fully saturated rings. The van der Waals surface area contributed by atoms with Crippen LogP contribution < -0.4 is 10.1 Å². The minimum Gasteiger partial charge on any atom is -0.483 e. The average molecular weight is 552 g/mol. The van der Waals surface area contributed by atoms with Gasteiger partial charge in [-0.25, -0.2) is 0 Å². The molecule has 2 aromatic carbocycles. The fourth-order valence-corrected chi connectivity index (χ4v) is 4.54. The third kappa shape index (κ3) is 6.74. The maximum atomic E-state index is 12.5. The summed E-state index contributed by atoms with van der Waals surface area (Å²) in [6.45, 7) is 10.4. The number of hydrogen-bond acceptors (Lipinski definition) is 5. The third-order valence-corrected chi connectivity index (χ3v) is 7.14. The molecule has 0 saturated carbocycles. The van der Waals surface area contributed by atoms with E-state index in [1.54, 1.807) is 18.2 Å². The molecule has 6 nitrogen and oxygen atoms in total. The van der Waals surface area contributed by atoms with Gasteiger partial charge >= 0.3 is 0 Å². The van der Waals surface area contributed by atoms with Gasteiger partial charge in [-0.15, -0.1) is 10.2 Å². The Morgan fingerprint density at radius 1 is 1.12 bits per heavy atom. The quantitative estimate of drug-likeness (QED) is 0.283. The number of nitrogens with zero attached hydrogens (tertiary/aromatic N) is 3. The van der Waals surface area contributed by atoms with Crippen LogP contribution >= 0.6 is 39.3 Å². The van der Waals surface area contributed by atoms with E-state index in [2.05, 4.69) is 71.3 Å². The zero-order valence-electron chi connectivity index (χ0n) is 19.3. The van der Waals surface area contributed by atoms with Crippen molar-refractivity contribution in [2.45, 2.75) is 57.8 Å². The molecular weight excluding hydrogens is 524 g/mol. The van der Waals surface area contributed by atoms with Crippen molar-refractivity contribution in [2.75, 3.05) is 11.1 Å². The highest BCUT2D eigenvalue weighted by Crippen LogP contribution is 2.29. The second-order valence-corrected chi connectivity index (χ2v) is 10.5. The number of rotatable bonds is 9. The fourth-order valence-electron chi connectivity index (χ4n) is 3.24. The Morgan fingerprint density at radius 2 is 1.82 bits per heavy atom. The van der Waals surface area contributed by atoms with Crippen LogP contribution in [0.15, 0.2) is 52.1 Å². The van der Waals surface area contributed by atoms with Crippen molar-refractivity contribution in [1.29, 1.82) is 0 Å². The van der Waals surface area contributed by atoms with E-state index in [1.807, 2.05) is 23.6 Å². The van der Waals surface area contributed by atoms with E-state index in [9.17, 15) is 4.79 Å². The molecule has 33 heavy (non-hydrogen) atoms. The third-order valence-electron chi connectivity index (χ3n) is 4.97. The molecule has 1 heterocycles. The summed E-state index contributed by atoms with van der Waals surface area (Å²) in [6, 6.07) is 13.5. The molecule has 0 spiro atoms. The molecule has 0 radical (unpaired) electrons. The fraction of sp³-hybridized carbons (Fsp3) is 0.375. The van der Waals surface area contributed by atoms with Gasteiger partial charge in [-0.3, -0.25) is 4.79 Å². The number of anilines is 1. The van der Waals surface area contributed by atoms with Crippen molar-refractivity contribution in [2.24, 2.45) is 0 Å². The molecule has 0 aliphatic rings. The van der Waals surface area contributed by atoms with Crippen LogP contribution in [0.3, 0.4) is 0 Å². The number of carbonyl (C=O) groups is 1. The predicted molar refractivity (Wildman–Crippen MR) is 138 cm³/mol. The van der Waals surface area contributed by atoms with Crippen molar-refractivity contribution in [1.82, 2.24) is 14.8 Å². The summed E-state index contributed by atoms with van der Waals surface area (Å²) in [7, 11) is 0. The van der Waals surface area contributed by atoms with E-state index >= 15 is 0 Å². The molecular formula is C24H28BrClN4O2S. The van der Waals surface area contributed by atoms with Gasteiger partial charge in [0, 0.05) is 16.2 Å². The van der Waals surface area contributed by atoms with Crippen LogP contribution in [0.25, 0.3) is 0 Å². The minimum atomic E-state index is -0.294. The van der Waals surface area contributed by atoms with Crippen LogP contribution in [0, 0.1) is 0 Å². The summed E-state index contributed by atoms with van der Waals surface area (Å²) in [6.07, 6.45) is -0.294. The number of aromatic nitrogens is 3. The first-order valence-electron chi connectivity index (χ1n) is 10.7. The molecule has 1 N–H and O–H groups in total. The lowest BCUT2D eigenvalue weighted by molar-refractivity contribution is -0.113. The Labute approximate surface area is 212 Å². The second-order valence-electron chi connectivity index (χ2n) is 8.25. The van der Waals surface area contributed by atoms with Gasteiger partial charge in [0.15, 0.2) is 17.1 Å². The standard InChI is InChI=1S/C24H28BrClN4O2S/c1-14(2)17-6-9-19(10-7-17)32-16(5)23-28-29-24(30(23)15(3)4)33-13-22(31)27-18-8-11-20(25)21(26)12-18/h6-12,14-16H,13H2,1-5H3,(H,27,31). The summed E-state index contributed by atoms with van der Waals surface area (Å²) in [5.74, 6) is 2.03. The smallest absolute Gasteiger partial charge is 0.234 e. The number of ether oxygens (including phenoxy) is 1. The lowest BCUT2D eigenvalue weighted by atomic mass is 10.0. The van der Waals surface area contributed by atoms with Gasteiger partial charge < -0.3 is 14.6 Å². The maximum absolute atomic E-state index is 12.5. The molecule has 3 aromatic rings. The van der Waals surface area contributed by atoms with E-state index in [4.69, 9.17) is 16.3 Å². The van der Waals surface area contributed by atoms with Gasteiger partial charge in [0.05, 0.1) is 10.8 Å². The number of hydrogen-bond donors (Lipinski definition) is 1. The van der Waals surface area contributed by atoms with E-state index in [-0.39, 0.29) is 23.8 Å². The maximum Gasteiger partial charge on any atom is 0.234 e. The van der Waals surface area contributed by atoms with Crippen molar-refractivity contribution in [3.8, 4) is 5.75 Å². The molecule has 3 rings (SSSR count). The monoisotopic (exact) mass is 550 g/mol. The molecule has 176 valence electrons. The van der Waals surface area contributed by atoms with Gasteiger partial charge in [0.1, 0.15) is 5.75 Å². The highest BCUT2D eigenvalue weighted by molar-refractivity contribution is 9.10. The van der Waals surface area contributed by atoms with E-state index in [1.165, 1.54) is 17.3 Å². The van der Waals surface area contributed by atoms with Crippen LogP contribution in [-0.4, -0.2) is 26.4 Å². The van der Waals surface area contributed by atoms with E-state index in [0.29, 0.717) is 21.8 Å². The Balaban J connectivity index is 1.66. The van der Waals surface area contributed by atoms with Gasteiger partial charge in [-0.05, 0) is 78.5 Å². The van der Waals surface area contributed by atoms with Crippen molar-refractivity contribution < 1.29 is 9.53 Å². The average Bonchev–Trinajstić information content (AvgIpc) is 3.20. The van der Waals surface area contributed by atoms with Gasteiger partial charge in [-0.2, -0.15) is 0 Å². The number of carbonyl (C=O) groups excluding carboxylic acids is 1. The molecule has 1 unspecified atom stereocenters. The molecule has 0 aliphatic heterocycles. The lowest BCUT2D eigenvalue weighted by Crippen LogP contribution is -2.16. The first-order chi connectivity index (χ1) is 15.7. The van der Waals surface area contributed by atoms with Crippen LogP contribution in [0.5, 0.6) is 5.75 Å². The summed E-state index contributed by atoms with van der Waals surface area (Å²) in [5.41, 5.74) is 1.91. The largest absolute Gasteiger partial charge is 0.483 e. The SMILES string of the molecule is CC(C)c1ccc(OC(C)c2nnc(SCC(=O)Nc3ccc(Br)c(Cl)c3)n2C(C)C)cc1. The number of amides is 1. The summed E-state index contributed by atoms with van der Waals surface area (Å²) in [4.78, 5) is 12.5. The molecule has 0 aliphatic carbocycles. The minimum absolute atomic E-state index is 0.111. The molecule has 9 heteroatoms. The zero-order valence-corrected chi connectivity index (χ0v) is 22.5. The number of thioether (sulfide) groups is 1. The predicted octanol–water partition coefficient (Wildman–Crippen LogP) is 7.27. The first-order valence-corrected chi connectivity index (χ1v) is 12.9. The Morgan fingerprint density at radius 3 is 2.42 bits per heavy atom. The molecule has 1 atom stereocenters. The molecule has 0 saturated heterocycles. The number of halogens is 2. The highest BCUT2D eigenvalue weighted by Gasteiger charge is 2.22. The van der Waals surface area contributed by atoms with Crippen molar-refractivity contribution in [3.05, 3.63) is 63.3 Å². The topological polar surface area (TPSA) is 69.0 Å². The van der Waals surface area contributed by atoms with Crippen LogP contribution in [0.2, 0.25) is 5.02 Å². The Hall–Kier alpha value is -2.03. The Kier molecular flexibility index (Phi) is 8.84. The number of benzene rings is 2. The first kappa shape index (κ1) is 25.6. The Bertz CT molecular complexity index is 1100. The number of nitrogens with one attached hydrogen (secondary N) is 1. The van der Waals surface area contributed by atoms with Crippen LogP contribution in [0.1, 0.15) is 64.1 Å². The summed E-state index contributed by atoms with van der Waals surface area (Å²) < 4.78 is 8.93. The lowest BCUT2D eigenvalue weighted by Gasteiger charge is -2.19. The molecule has 1 aromatic heterocycles. The van der Waals surface area contributed by atoms with Gasteiger partial charge in [-0.1, -0.05) is 49.3 Å². The van der Waals surface area contributed by atoms with Gasteiger partial charge in [0.2, 0.25) is 5.91 Å². The van der Waals surface area contributed by atoms with E-state index in [0.717, 1.165) is 16.0 Å². The van der Waals surface area contributed by atoms with E-state index < -0.39 is 0 Å². The second kappa shape index (κ2) is 11.4.